The molecule has 34 heavy (non-hydrogen) atoms. The van der Waals surface area contributed by atoms with Crippen molar-refractivity contribution in [2.24, 2.45) is 0 Å². The molecule has 2 aromatic carbocycles. The summed E-state index contributed by atoms with van der Waals surface area (Å²) in [5.41, 5.74) is 1.28. The van der Waals surface area contributed by atoms with Gasteiger partial charge in [0, 0.05) is 18.2 Å². The predicted molar refractivity (Wildman–Crippen MR) is 132 cm³/mol. The van der Waals surface area contributed by atoms with Crippen LogP contribution in [0.3, 0.4) is 0 Å². The van der Waals surface area contributed by atoms with Crippen LogP contribution < -0.4 is 10.6 Å². The number of nitrogens with zero attached hydrogens (tertiary/aromatic N) is 1. The van der Waals surface area contributed by atoms with E-state index >= 15 is 0 Å². The van der Waals surface area contributed by atoms with E-state index in [9.17, 15) is 14.4 Å². The van der Waals surface area contributed by atoms with E-state index in [0.717, 1.165) is 5.56 Å². The van der Waals surface area contributed by atoms with Crippen molar-refractivity contribution in [3.05, 3.63) is 71.3 Å². The smallest absolute Gasteiger partial charge is 0.408 e. The maximum absolute atomic E-state index is 13.5. The first kappa shape index (κ1) is 26.5. The molecule has 7 heteroatoms. The predicted octanol–water partition coefficient (Wildman–Crippen LogP) is 3.79. The highest BCUT2D eigenvalue weighted by Crippen LogP contribution is 2.27. The molecule has 180 valence electrons. The topological polar surface area (TPSA) is 87.7 Å². The number of carbonyl (C=O) groups excluding carboxylic acids is 3. The lowest BCUT2D eigenvalue weighted by Crippen LogP contribution is -2.50. The lowest BCUT2D eigenvalue weighted by molar-refractivity contribution is -0.142. The van der Waals surface area contributed by atoms with Gasteiger partial charge in [0.2, 0.25) is 11.8 Å². The van der Waals surface area contributed by atoms with Gasteiger partial charge in [-0.05, 0) is 51.8 Å². The molecule has 2 aromatic rings. The SMILES string of the molecule is C#Cc1ccccc1C(C(=O)NCc1ccccc1)N(C(=O)CNC(=O)OC(C)(C)C)C(C)C. The highest BCUT2D eigenvalue weighted by molar-refractivity contribution is 5.91. The molecule has 2 rings (SSSR count). The zero-order valence-corrected chi connectivity index (χ0v) is 20.4. The molecule has 0 fully saturated rings. The standard InChI is InChI=1S/C27H33N3O4/c1-7-21-15-11-12-16-22(21)24(25(32)28-17-20-13-9-8-10-14-20)30(19(2)3)23(31)18-29-26(33)34-27(4,5)6/h1,8-16,19,24H,17-18H2,2-6H3,(H,28,32)(H,29,33). The Labute approximate surface area is 201 Å². The van der Waals surface area contributed by atoms with E-state index in [1.54, 1.807) is 58.9 Å². The largest absolute Gasteiger partial charge is 0.444 e. The fourth-order valence-corrected chi connectivity index (χ4v) is 3.45. The molecule has 0 bridgehead atoms. The van der Waals surface area contributed by atoms with Crippen molar-refractivity contribution in [2.75, 3.05) is 6.54 Å². The summed E-state index contributed by atoms with van der Waals surface area (Å²) < 4.78 is 5.22. The number of nitrogens with one attached hydrogen (secondary N) is 2. The molecule has 7 nitrogen and oxygen atoms in total. The van der Waals surface area contributed by atoms with Gasteiger partial charge in [0.05, 0.1) is 0 Å². The highest BCUT2D eigenvalue weighted by atomic mass is 16.6. The average Bonchev–Trinajstić information content (AvgIpc) is 2.78. The van der Waals surface area contributed by atoms with Gasteiger partial charge in [0.15, 0.2) is 0 Å². The fourth-order valence-electron chi connectivity index (χ4n) is 3.45. The molecule has 0 aromatic heterocycles. The molecule has 0 aliphatic carbocycles. The second-order valence-corrected chi connectivity index (χ2v) is 9.09. The van der Waals surface area contributed by atoms with Crippen molar-refractivity contribution in [1.29, 1.82) is 0 Å². The van der Waals surface area contributed by atoms with E-state index in [1.807, 2.05) is 30.3 Å². The van der Waals surface area contributed by atoms with Crippen molar-refractivity contribution >= 4 is 17.9 Å². The van der Waals surface area contributed by atoms with E-state index in [0.29, 0.717) is 17.7 Å². The minimum absolute atomic E-state index is 0.296. The molecular weight excluding hydrogens is 430 g/mol. The van der Waals surface area contributed by atoms with Gasteiger partial charge in [-0.2, -0.15) is 0 Å². The first-order valence-corrected chi connectivity index (χ1v) is 11.2. The van der Waals surface area contributed by atoms with Crippen molar-refractivity contribution in [3.63, 3.8) is 0 Å². The highest BCUT2D eigenvalue weighted by Gasteiger charge is 2.34. The minimum Gasteiger partial charge on any atom is -0.444 e. The van der Waals surface area contributed by atoms with Gasteiger partial charge in [-0.25, -0.2) is 4.79 Å². The number of terminal acetylenes is 1. The zero-order valence-electron chi connectivity index (χ0n) is 20.4. The summed E-state index contributed by atoms with van der Waals surface area (Å²) in [6.07, 6.45) is 4.99. The molecule has 0 aliphatic heterocycles. The van der Waals surface area contributed by atoms with Crippen LogP contribution in [-0.2, 0) is 20.9 Å². The third-order valence-corrected chi connectivity index (χ3v) is 4.87. The van der Waals surface area contributed by atoms with E-state index in [4.69, 9.17) is 11.2 Å². The van der Waals surface area contributed by atoms with Crippen LogP contribution in [0.1, 0.15) is 57.4 Å². The van der Waals surface area contributed by atoms with Gasteiger partial charge in [-0.15, -0.1) is 6.42 Å². The maximum Gasteiger partial charge on any atom is 0.408 e. The molecule has 3 amide bonds. The van der Waals surface area contributed by atoms with Crippen LogP contribution >= 0.6 is 0 Å². The Morgan fingerprint density at radius 1 is 1.00 bits per heavy atom. The second kappa shape index (κ2) is 11.9. The summed E-state index contributed by atoms with van der Waals surface area (Å²) in [5, 5.41) is 5.40. The maximum atomic E-state index is 13.5. The van der Waals surface area contributed by atoms with Crippen LogP contribution in [0.15, 0.2) is 54.6 Å². The molecule has 0 saturated carbocycles. The number of carbonyl (C=O) groups is 3. The van der Waals surface area contributed by atoms with Crippen LogP contribution in [0.5, 0.6) is 0 Å². The lowest BCUT2D eigenvalue weighted by Gasteiger charge is -2.35. The number of amides is 3. The number of hydrogen-bond acceptors (Lipinski definition) is 4. The van der Waals surface area contributed by atoms with Gasteiger partial charge in [-0.1, -0.05) is 54.5 Å². The van der Waals surface area contributed by atoms with E-state index in [1.165, 1.54) is 4.90 Å². The third kappa shape index (κ3) is 7.66. The molecule has 0 heterocycles. The zero-order chi connectivity index (χ0) is 25.3. The second-order valence-electron chi connectivity index (χ2n) is 9.09. The van der Waals surface area contributed by atoms with Crippen molar-refractivity contribution in [2.45, 2.75) is 58.8 Å². The molecule has 2 N–H and O–H groups in total. The number of benzene rings is 2. The van der Waals surface area contributed by atoms with Gasteiger partial charge in [0.1, 0.15) is 18.2 Å². The molecule has 0 saturated heterocycles. The van der Waals surface area contributed by atoms with Gasteiger partial charge < -0.3 is 20.3 Å². The Morgan fingerprint density at radius 2 is 1.62 bits per heavy atom. The summed E-state index contributed by atoms with van der Waals surface area (Å²) in [7, 11) is 0. The number of hydrogen-bond donors (Lipinski definition) is 2. The van der Waals surface area contributed by atoms with Crippen LogP contribution in [0.4, 0.5) is 4.79 Å². The molecule has 0 radical (unpaired) electrons. The number of ether oxygens (including phenoxy) is 1. The van der Waals surface area contributed by atoms with E-state index in [2.05, 4.69) is 16.6 Å². The lowest BCUT2D eigenvalue weighted by atomic mass is 9.97. The molecule has 0 aliphatic rings. The average molecular weight is 464 g/mol. The van der Waals surface area contributed by atoms with Crippen molar-refractivity contribution in [1.82, 2.24) is 15.5 Å². The van der Waals surface area contributed by atoms with Gasteiger partial charge in [-0.3, -0.25) is 9.59 Å². The summed E-state index contributed by atoms with van der Waals surface area (Å²) >= 11 is 0. The van der Waals surface area contributed by atoms with E-state index < -0.39 is 23.6 Å². The monoisotopic (exact) mass is 463 g/mol. The number of rotatable bonds is 8. The van der Waals surface area contributed by atoms with Crippen LogP contribution in [0.25, 0.3) is 0 Å². The number of alkyl carbamates (subject to hydrolysis) is 1. The fraction of sp³-hybridized carbons (Fsp3) is 0.370. The Kier molecular flexibility index (Phi) is 9.26. The summed E-state index contributed by atoms with van der Waals surface area (Å²) in [5.74, 6) is 1.80. The van der Waals surface area contributed by atoms with Crippen molar-refractivity contribution < 1.29 is 19.1 Å². The van der Waals surface area contributed by atoms with E-state index in [-0.39, 0.29) is 18.5 Å². The Hall–Kier alpha value is -3.79. The summed E-state index contributed by atoms with van der Waals surface area (Å²) in [4.78, 5) is 40.3. The minimum atomic E-state index is -0.983. The first-order valence-electron chi connectivity index (χ1n) is 11.2. The Morgan fingerprint density at radius 3 is 2.21 bits per heavy atom. The molecular formula is C27H33N3O4. The van der Waals surface area contributed by atoms with Gasteiger partial charge in [0.25, 0.3) is 0 Å². The van der Waals surface area contributed by atoms with Crippen molar-refractivity contribution in [3.8, 4) is 12.3 Å². The molecule has 1 unspecified atom stereocenters. The van der Waals surface area contributed by atoms with Crippen LogP contribution in [-0.4, -0.2) is 41.0 Å². The third-order valence-electron chi connectivity index (χ3n) is 4.87. The Bertz CT molecular complexity index is 1040. The normalized spacial score (nSPS) is 11.8. The first-order chi connectivity index (χ1) is 16.0. The van der Waals surface area contributed by atoms with Gasteiger partial charge >= 0.3 is 6.09 Å². The summed E-state index contributed by atoms with van der Waals surface area (Å²) in [6, 6.07) is 15.2. The van der Waals surface area contributed by atoms with Crippen LogP contribution in [0.2, 0.25) is 0 Å². The quantitative estimate of drug-likeness (QED) is 0.583. The Balaban J connectivity index is 2.33. The summed E-state index contributed by atoms with van der Waals surface area (Å²) in [6.45, 7) is 8.79. The van der Waals surface area contributed by atoms with Crippen LogP contribution in [0, 0.1) is 12.3 Å². The molecule has 1 atom stereocenters. The molecule has 0 spiro atoms.